The van der Waals surface area contributed by atoms with E-state index in [-0.39, 0.29) is 6.61 Å². The molecule has 22 heavy (non-hydrogen) atoms. The van der Waals surface area contributed by atoms with Crippen LogP contribution < -0.4 is 4.90 Å². The van der Waals surface area contributed by atoms with Gasteiger partial charge in [-0.3, -0.25) is 4.57 Å². The van der Waals surface area contributed by atoms with E-state index in [4.69, 9.17) is 4.74 Å². The van der Waals surface area contributed by atoms with Crippen LogP contribution in [0.25, 0.3) is 5.95 Å². The maximum Gasteiger partial charge on any atom is 0.328 e. The van der Waals surface area contributed by atoms with Gasteiger partial charge < -0.3 is 14.7 Å². The van der Waals surface area contributed by atoms with Crippen LogP contribution in [0.1, 0.15) is 5.82 Å². The van der Waals surface area contributed by atoms with Crippen molar-refractivity contribution in [2.45, 2.75) is 13.0 Å². The molecule has 1 aliphatic heterocycles. The standard InChI is InChI=1S/C13H14BrN5O3/c1-8-15-2-3-18(8)13-16-6-9(14)11(17-13)19-4-5-22-7-10(19)12(20)21/h2-3,6,10H,4-5,7H2,1H3,(H,20,21). The Morgan fingerprint density at radius 3 is 3.00 bits per heavy atom. The average Bonchev–Trinajstić information content (AvgIpc) is 2.94. The van der Waals surface area contributed by atoms with Crippen molar-refractivity contribution in [3.63, 3.8) is 0 Å². The van der Waals surface area contributed by atoms with E-state index in [0.29, 0.717) is 29.4 Å². The minimum atomic E-state index is -0.939. The largest absolute Gasteiger partial charge is 0.480 e. The van der Waals surface area contributed by atoms with Gasteiger partial charge in [0.2, 0.25) is 5.95 Å². The Bertz CT molecular complexity index is 705. The van der Waals surface area contributed by atoms with Crippen LogP contribution in [0.3, 0.4) is 0 Å². The third-order valence-corrected chi connectivity index (χ3v) is 4.00. The van der Waals surface area contributed by atoms with Gasteiger partial charge in [-0.15, -0.1) is 0 Å². The molecule has 2 aromatic heterocycles. The number of carbonyl (C=O) groups is 1. The van der Waals surface area contributed by atoms with Crippen molar-refractivity contribution in [3.8, 4) is 5.95 Å². The first-order valence-electron chi connectivity index (χ1n) is 6.68. The van der Waals surface area contributed by atoms with Gasteiger partial charge in [-0.05, 0) is 22.9 Å². The van der Waals surface area contributed by atoms with Crippen LogP contribution >= 0.6 is 15.9 Å². The van der Waals surface area contributed by atoms with Gasteiger partial charge in [-0.2, -0.15) is 4.98 Å². The van der Waals surface area contributed by atoms with Crippen molar-refractivity contribution in [1.29, 1.82) is 0 Å². The number of hydrogen-bond donors (Lipinski definition) is 1. The molecule has 1 unspecified atom stereocenters. The summed E-state index contributed by atoms with van der Waals surface area (Å²) in [4.78, 5) is 26.1. The van der Waals surface area contributed by atoms with Crippen molar-refractivity contribution in [1.82, 2.24) is 19.5 Å². The number of nitrogens with zero attached hydrogens (tertiary/aromatic N) is 5. The number of carboxylic acids is 1. The fourth-order valence-corrected chi connectivity index (χ4v) is 2.74. The number of aromatic nitrogens is 4. The number of imidazole rings is 1. The molecule has 0 saturated carbocycles. The molecule has 0 bridgehead atoms. The lowest BCUT2D eigenvalue weighted by Gasteiger charge is -2.34. The summed E-state index contributed by atoms with van der Waals surface area (Å²) in [5, 5.41) is 9.36. The van der Waals surface area contributed by atoms with Crippen molar-refractivity contribution < 1.29 is 14.6 Å². The Morgan fingerprint density at radius 2 is 2.32 bits per heavy atom. The Labute approximate surface area is 134 Å². The molecule has 8 nitrogen and oxygen atoms in total. The predicted octanol–water partition coefficient (Wildman–Crippen LogP) is 1.02. The smallest absolute Gasteiger partial charge is 0.328 e. The second-order valence-electron chi connectivity index (χ2n) is 4.81. The fourth-order valence-electron chi connectivity index (χ4n) is 2.32. The van der Waals surface area contributed by atoms with E-state index >= 15 is 0 Å². The zero-order valence-corrected chi connectivity index (χ0v) is 13.4. The van der Waals surface area contributed by atoms with Gasteiger partial charge in [-0.1, -0.05) is 0 Å². The molecule has 116 valence electrons. The molecule has 0 aliphatic carbocycles. The first-order valence-corrected chi connectivity index (χ1v) is 7.47. The van der Waals surface area contributed by atoms with Gasteiger partial charge in [0, 0.05) is 25.1 Å². The van der Waals surface area contributed by atoms with Crippen LogP contribution in [0.5, 0.6) is 0 Å². The summed E-state index contributed by atoms with van der Waals surface area (Å²) in [5.74, 6) is 0.799. The molecule has 3 heterocycles. The Balaban J connectivity index is 2.02. The van der Waals surface area contributed by atoms with E-state index < -0.39 is 12.0 Å². The second-order valence-corrected chi connectivity index (χ2v) is 5.66. The number of aryl methyl sites for hydroxylation is 1. The topological polar surface area (TPSA) is 93.4 Å². The van der Waals surface area contributed by atoms with Crippen LogP contribution in [0.15, 0.2) is 23.1 Å². The van der Waals surface area contributed by atoms with Crippen molar-refractivity contribution >= 4 is 27.7 Å². The van der Waals surface area contributed by atoms with Crippen LogP contribution in [-0.4, -0.2) is 56.4 Å². The molecule has 0 amide bonds. The van der Waals surface area contributed by atoms with Gasteiger partial charge in [0.15, 0.2) is 6.04 Å². The summed E-state index contributed by atoms with van der Waals surface area (Å²) < 4.78 is 7.64. The summed E-state index contributed by atoms with van der Waals surface area (Å²) in [7, 11) is 0. The molecule has 9 heteroatoms. The third kappa shape index (κ3) is 2.69. The van der Waals surface area contributed by atoms with Crippen LogP contribution in [0.4, 0.5) is 5.82 Å². The highest BCUT2D eigenvalue weighted by Gasteiger charge is 2.31. The fraction of sp³-hybridized carbons (Fsp3) is 0.385. The Kier molecular flexibility index (Phi) is 4.08. The summed E-state index contributed by atoms with van der Waals surface area (Å²) in [6.45, 7) is 2.89. The van der Waals surface area contributed by atoms with Gasteiger partial charge in [0.25, 0.3) is 0 Å². The van der Waals surface area contributed by atoms with E-state index in [1.165, 1.54) is 0 Å². The van der Waals surface area contributed by atoms with Crippen LogP contribution in [0, 0.1) is 6.92 Å². The average molecular weight is 368 g/mol. The van der Waals surface area contributed by atoms with Gasteiger partial charge in [0.05, 0.1) is 17.7 Å². The van der Waals surface area contributed by atoms with Gasteiger partial charge in [0.1, 0.15) is 11.6 Å². The molecule has 2 aromatic rings. The number of aliphatic carboxylic acids is 1. The summed E-state index contributed by atoms with van der Waals surface area (Å²) in [5.41, 5.74) is 0. The highest BCUT2D eigenvalue weighted by molar-refractivity contribution is 9.10. The maximum atomic E-state index is 11.4. The zero-order chi connectivity index (χ0) is 15.7. The molecule has 0 spiro atoms. The van der Waals surface area contributed by atoms with Crippen molar-refractivity contribution in [3.05, 3.63) is 28.9 Å². The molecular formula is C13H14BrN5O3. The lowest BCUT2D eigenvalue weighted by Crippen LogP contribution is -2.50. The number of hydrogen-bond acceptors (Lipinski definition) is 6. The monoisotopic (exact) mass is 367 g/mol. The number of rotatable bonds is 3. The summed E-state index contributed by atoms with van der Waals surface area (Å²) in [6.07, 6.45) is 5.04. The highest BCUT2D eigenvalue weighted by Crippen LogP contribution is 2.27. The third-order valence-electron chi connectivity index (χ3n) is 3.44. The SMILES string of the molecule is Cc1nccn1-c1ncc(Br)c(N2CCOCC2C(=O)O)n1. The van der Waals surface area contributed by atoms with Crippen LogP contribution in [0.2, 0.25) is 0 Å². The summed E-state index contributed by atoms with van der Waals surface area (Å²) >= 11 is 3.40. The lowest BCUT2D eigenvalue weighted by molar-refractivity contribution is -0.141. The molecule has 1 saturated heterocycles. The molecule has 0 radical (unpaired) electrons. The molecular weight excluding hydrogens is 354 g/mol. The summed E-state index contributed by atoms with van der Waals surface area (Å²) in [6, 6.07) is -0.767. The van der Waals surface area contributed by atoms with E-state index in [9.17, 15) is 9.90 Å². The first-order chi connectivity index (χ1) is 10.6. The predicted molar refractivity (Wildman–Crippen MR) is 81.2 cm³/mol. The zero-order valence-electron chi connectivity index (χ0n) is 11.8. The molecule has 1 fully saturated rings. The second kappa shape index (κ2) is 6.01. The van der Waals surface area contributed by atoms with Gasteiger partial charge in [-0.25, -0.2) is 14.8 Å². The molecule has 1 N–H and O–H groups in total. The number of carboxylic acid groups (broad SMARTS) is 1. The van der Waals surface area contributed by atoms with Crippen molar-refractivity contribution in [2.75, 3.05) is 24.7 Å². The number of anilines is 1. The molecule has 1 atom stereocenters. The maximum absolute atomic E-state index is 11.4. The Hall–Kier alpha value is -2.00. The Morgan fingerprint density at radius 1 is 1.50 bits per heavy atom. The quantitative estimate of drug-likeness (QED) is 0.865. The van der Waals surface area contributed by atoms with E-state index in [1.54, 1.807) is 28.1 Å². The number of ether oxygens (including phenoxy) is 1. The number of halogens is 1. The normalized spacial score (nSPS) is 18.5. The first kappa shape index (κ1) is 14.9. The molecule has 3 rings (SSSR count). The molecule has 0 aromatic carbocycles. The van der Waals surface area contributed by atoms with E-state index in [1.807, 2.05) is 6.92 Å². The minimum Gasteiger partial charge on any atom is -0.480 e. The van der Waals surface area contributed by atoms with Crippen LogP contribution in [-0.2, 0) is 9.53 Å². The van der Waals surface area contributed by atoms with Gasteiger partial charge >= 0.3 is 5.97 Å². The van der Waals surface area contributed by atoms with Crippen molar-refractivity contribution in [2.24, 2.45) is 0 Å². The van der Waals surface area contributed by atoms with E-state index in [2.05, 4.69) is 30.9 Å². The van der Waals surface area contributed by atoms with E-state index in [0.717, 1.165) is 5.82 Å². The highest BCUT2D eigenvalue weighted by atomic mass is 79.9. The minimum absolute atomic E-state index is 0.130. The molecule has 1 aliphatic rings. The number of morpholine rings is 1. The lowest BCUT2D eigenvalue weighted by atomic mass is 10.2.